The molecular weight excluding hydrogens is 268 g/mol. The van der Waals surface area contributed by atoms with E-state index in [9.17, 15) is 0 Å². The van der Waals surface area contributed by atoms with Gasteiger partial charge in [0, 0.05) is 28.8 Å². The smallest absolute Gasteiger partial charge is 0.133 e. The summed E-state index contributed by atoms with van der Waals surface area (Å²) >= 11 is 2.08. The van der Waals surface area contributed by atoms with E-state index < -0.39 is 0 Å². The van der Waals surface area contributed by atoms with Gasteiger partial charge in [0.15, 0.2) is 0 Å². The first-order valence-corrected chi connectivity index (χ1v) is 8.20. The van der Waals surface area contributed by atoms with Gasteiger partial charge in [0.25, 0.3) is 0 Å². The number of pyridine rings is 1. The molecule has 1 aromatic heterocycles. The summed E-state index contributed by atoms with van der Waals surface area (Å²) in [4.78, 5) is 4.49. The van der Waals surface area contributed by atoms with Crippen LogP contribution >= 0.6 is 11.8 Å². The van der Waals surface area contributed by atoms with Crippen LogP contribution in [0.4, 0.5) is 5.82 Å². The Labute approximate surface area is 124 Å². The van der Waals surface area contributed by atoms with Gasteiger partial charge >= 0.3 is 0 Å². The molecule has 0 aliphatic carbocycles. The molecule has 0 spiro atoms. The molecule has 1 unspecified atom stereocenters. The molecule has 20 heavy (non-hydrogen) atoms. The molecule has 2 aromatic rings. The number of hydrogen-bond acceptors (Lipinski definition) is 4. The first-order chi connectivity index (χ1) is 9.88. The summed E-state index contributed by atoms with van der Waals surface area (Å²) in [5.74, 6) is 3.16. The molecule has 0 radical (unpaired) electrons. The Kier molecular flexibility index (Phi) is 4.31. The van der Waals surface area contributed by atoms with Crippen molar-refractivity contribution in [3.8, 4) is 5.75 Å². The lowest BCUT2D eigenvalue weighted by Crippen LogP contribution is -2.20. The van der Waals surface area contributed by atoms with Gasteiger partial charge in [-0.15, -0.1) is 0 Å². The largest absolute Gasteiger partial charge is 0.496 e. The molecule has 1 N–H and O–H groups in total. The number of nitrogens with one attached hydrogen (secondary N) is 1. The normalized spacial score (nSPS) is 18.9. The summed E-state index contributed by atoms with van der Waals surface area (Å²) < 4.78 is 5.42. The van der Waals surface area contributed by atoms with Crippen molar-refractivity contribution >= 4 is 28.4 Å². The van der Waals surface area contributed by atoms with Crippen LogP contribution in [0, 0.1) is 0 Å². The number of anilines is 1. The second-order valence-corrected chi connectivity index (χ2v) is 6.49. The van der Waals surface area contributed by atoms with Crippen LogP contribution in [0.15, 0.2) is 30.5 Å². The lowest BCUT2D eigenvalue weighted by molar-refractivity contribution is 0.420. The Morgan fingerprint density at radius 2 is 2.25 bits per heavy atom. The number of nitrogens with zero attached hydrogens (tertiary/aromatic N) is 1. The summed E-state index contributed by atoms with van der Waals surface area (Å²) in [6.07, 6.45) is 5.88. The molecule has 1 aromatic carbocycles. The summed E-state index contributed by atoms with van der Waals surface area (Å²) in [5.41, 5.74) is 0. The lowest BCUT2D eigenvalue weighted by Gasteiger charge is -2.22. The number of thioether (sulfide) groups is 1. The lowest BCUT2D eigenvalue weighted by atomic mass is 10.1. The average molecular weight is 288 g/mol. The van der Waals surface area contributed by atoms with Crippen molar-refractivity contribution in [2.45, 2.75) is 24.5 Å². The zero-order valence-electron chi connectivity index (χ0n) is 11.8. The average Bonchev–Trinajstić information content (AvgIpc) is 2.53. The molecule has 0 saturated carbocycles. The van der Waals surface area contributed by atoms with Crippen LogP contribution in [0.25, 0.3) is 10.8 Å². The van der Waals surface area contributed by atoms with E-state index >= 15 is 0 Å². The van der Waals surface area contributed by atoms with Gasteiger partial charge in [-0.2, -0.15) is 11.8 Å². The Hall–Kier alpha value is -1.42. The molecule has 0 bridgehead atoms. The Morgan fingerprint density at radius 1 is 1.30 bits per heavy atom. The van der Waals surface area contributed by atoms with Crippen molar-refractivity contribution in [2.24, 2.45) is 0 Å². The van der Waals surface area contributed by atoms with Crippen LogP contribution in [0.1, 0.15) is 19.3 Å². The number of rotatable bonds is 4. The zero-order valence-corrected chi connectivity index (χ0v) is 12.6. The monoisotopic (exact) mass is 288 g/mol. The topological polar surface area (TPSA) is 34.1 Å². The summed E-state index contributed by atoms with van der Waals surface area (Å²) in [6, 6.07) is 8.11. The Balaban J connectivity index is 1.80. The van der Waals surface area contributed by atoms with Crippen molar-refractivity contribution in [2.75, 3.05) is 24.7 Å². The van der Waals surface area contributed by atoms with Crippen LogP contribution < -0.4 is 10.1 Å². The highest BCUT2D eigenvalue weighted by molar-refractivity contribution is 7.99. The van der Waals surface area contributed by atoms with Crippen molar-refractivity contribution in [3.63, 3.8) is 0 Å². The molecule has 2 heterocycles. The number of aromatic nitrogens is 1. The molecule has 1 aliphatic rings. The molecule has 1 aliphatic heterocycles. The molecule has 0 amide bonds. The summed E-state index contributed by atoms with van der Waals surface area (Å²) in [6.45, 7) is 0.994. The van der Waals surface area contributed by atoms with E-state index in [1.54, 1.807) is 7.11 Å². The maximum atomic E-state index is 5.42. The molecule has 106 valence electrons. The van der Waals surface area contributed by atoms with E-state index in [0.29, 0.717) is 5.25 Å². The van der Waals surface area contributed by atoms with Gasteiger partial charge in [0.2, 0.25) is 0 Å². The maximum absolute atomic E-state index is 5.42. The quantitative estimate of drug-likeness (QED) is 0.924. The number of benzene rings is 1. The van der Waals surface area contributed by atoms with E-state index in [0.717, 1.165) is 28.9 Å². The van der Waals surface area contributed by atoms with Crippen molar-refractivity contribution in [3.05, 3.63) is 30.5 Å². The van der Waals surface area contributed by atoms with Crippen molar-refractivity contribution in [1.82, 2.24) is 4.98 Å². The third kappa shape index (κ3) is 2.85. The van der Waals surface area contributed by atoms with Crippen LogP contribution in [-0.2, 0) is 0 Å². The van der Waals surface area contributed by atoms with E-state index in [1.165, 1.54) is 25.0 Å². The van der Waals surface area contributed by atoms with E-state index in [-0.39, 0.29) is 0 Å². The fourth-order valence-corrected chi connectivity index (χ4v) is 3.91. The summed E-state index contributed by atoms with van der Waals surface area (Å²) in [5, 5.41) is 6.48. The fourth-order valence-electron chi connectivity index (χ4n) is 2.68. The number of ether oxygens (including phenoxy) is 1. The SMILES string of the molecule is COc1cccc2c(NCC3CCCCS3)nccc12. The van der Waals surface area contributed by atoms with Gasteiger partial charge in [-0.05, 0) is 30.7 Å². The minimum Gasteiger partial charge on any atom is -0.496 e. The highest BCUT2D eigenvalue weighted by atomic mass is 32.2. The Bertz CT molecular complexity index is 582. The van der Waals surface area contributed by atoms with E-state index in [2.05, 4.69) is 28.1 Å². The fraction of sp³-hybridized carbons (Fsp3) is 0.438. The van der Waals surface area contributed by atoms with Gasteiger partial charge in [-0.3, -0.25) is 0 Å². The van der Waals surface area contributed by atoms with Gasteiger partial charge in [-0.1, -0.05) is 18.6 Å². The number of hydrogen-bond donors (Lipinski definition) is 1. The molecule has 1 fully saturated rings. The predicted octanol–water partition coefficient (Wildman–Crippen LogP) is 3.94. The number of fused-ring (bicyclic) bond motifs is 1. The third-order valence-electron chi connectivity index (χ3n) is 3.76. The first-order valence-electron chi connectivity index (χ1n) is 7.15. The molecule has 1 atom stereocenters. The van der Waals surface area contributed by atoms with Gasteiger partial charge in [-0.25, -0.2) is 4.98 Å². The highest BCUT2D eigenvalue weighted by Gasteiger charge is 2.14. The van der Waals surface area contributed by atoms with Crippen LogP contribution in [0.5, 0.6) is 5.75 Å². The van der Waals surface area contributed by atoms with Crippen molar-refractivity contribution < 1.29 is 4.74 Å². The summed E-state index contributed by atoms with van der Waals surface area (Å²) in [7, 11) is 1.71. The van der Waals surface area contributed by atoms with Gasteiger partial charge < -0.3 is 10.1 Å². The van der Waals surface area contributed by atoms with Gasteiger partial charge in [0.05, 0.1) is 7.11 Å². The van der Waals surface area contributed by atoms with Gasteiger partial charge in [0.1, 0.15) is 11.6 Å². The van der Waals surface area contributed by atoms with E-state index in [4.69, 9.17) is 4.74 Å². The standard InChI is InChI=1S/C16H20N2OS/c1-19-15-7-4-6-14-13(15)8-9-17-16(14)18-11-12-5-2-3-10-20-12/h4,6-9,12H,2-3,5,10-11H2,1H3,(H,17,18). The third-order valence-corrected chi connectivity index (χ3v) is 5.16. The predicted molar refractivity (Wildman–Crippen MR) is 86.9 cm³/mol. The van der Waals surface area contributed by atoms with E-state index in [1.807, 2.05) is 24.4 Å². The van der Waals surface area contributed by atoms with Crippen LogP contribution in [-0.4, -0.2) is 29.6 Å². The second-order valence-electron chi connectivity index (χ2n) is 5.08. The zero-order chi connectivity index (χ0) is 13.8. The highest BCUT2D eigenvalue weighted by Crippen LogP contribution is 2.30. The molecular formula is C16H20N2OS. The maximum Gasteiger partial charge on any atom is 0.133 e. The minimum atomic E-state index is 0.714. The molecule has 3 nitrogen and oxygen atoms in total. The Morgan fingerprint density at radius 3 is 3.05 bits per heavy atom. The van der Waals surface area contributed by atoms with Crippen LogP contribution in [0.2, 0.25) is 0 Å². The second kappa shape index (κ2) is 6.35. The number of methoxy groups -OCH3 is 1. The van der Waals surface area contributed by atoms with Crippen LogP contribution in [0.3, 0.4) is 0 Å². The van der Waals surface area contributed by atoms with Crippen molar-refractivity contribution in [1.29, 1.82) is 0 Å². The molecule has 3 rings (SSSR count). The first kappa shape index (κ1) is 13.6. The minimum absolute atomic E-state index is 0.714. The molecule has 1 saturated heterocycles. The molecule has 4 heteroatoms.